The van der Waals surface area contributed by atoms with Gasteiger partial charge in [0, 0.05) is 6.08 Å². The summed E-state index contributed by atoms with van der Waals surface area (Å²) in [7, 11) is 1.34. The van der Waals surface area contributed by atoms with Crippen molar-refractivity contribution in [3.05, 3.63) is 36.4 Å². The molecule has 4 heteroatoms. The van der Waals surface area contributed by atoms with Gasteiger partial charge in [-0.2, -0.15) is 0 Å². The normalized spacial score (nSPS) is 10.4. The van der Waals surface area contributed by atoms with E-state index in [1.807, 2.05) is 24.3 Å². The summed E-state index contributed by atoms with van der Waals surface area (Å²) in [5.41, 5.74) is 0. The van der Waals surface area contributed by atoms with Gasteiger partial charge >= 0.3 is 5.97 Å². The second kappa shape index (κ2) is 9.03. The lowest BCUT2D eigenvalue weighted by atomic mass is 10.3. The summed E-state index contributed by atoms with van der Waals surface area (Å²) in [6, 6.07) is 7.42. The number of rotatable bonds is 8. The monoisotopic (exact) mass is 264 g/mol. The molecule has 4 nitrogen and oxygen atoms in total. The molecule has 0 atom stereocenters. The van der Waals surface area contributed by atoms with E-state index in [9.17, 15) is 4.79 Å². The Kier molecular flexibility index (Phi) is 7.17. The Morgan fingerprint density at radius 1 is 1.16 bits per heavy atom. The molecule has 0 unspecified atom stereocenters. The highest BCUT2D eigenvalue weighted by molar-refractivity contribution is 5.81. The Labute approximate surface area is 114 Å². The molecule has 0 bridgehead atoms. The molecule has 0 N–H and O–H groups in total. The zero-order valence-corrected chi connectivity index (χ0v) is 11.4. The van der Waals surface area contributed by atoms with E-state index in [0.717, 1.165) is 30.9 Å². The standard InChI is InChI=1S/C15H20O4/c1-3-4-11-18-13-7-9-14(10-8-13)19-12-5-6-15(16)17-2/h5-10H,3-4,11-12H2,1-2H3/b6-5+. The van der Waals surface area contributed by atoms with E-state index in [2.05, 4.69) is 11.7 Å². The first-order valence-corrected chi connectivity index (χ1v) is 6.36. The molecule has 0 amide bonds. The van der Waals surface area contributed by atoms with Crippen molar-refractivity contribution in [2.45, 2.75) is 19.8 Å². The number of unbranched alkanes of at least 4 members (excludes halogenated alkanes) is 1. The van der Waals surface area contributed by atoms with Gasteiger partial charge in [0.1, 0.15) is 18.1 Å². The quantitative estimate of drug-likeness (QED) is 0.411. The molecule has 0 aliphatic rings. The highest BCUT2D eigenvalue weighted by Crippen LogP contribution is 2.17. The summed E-state index contributed by atoms with van der Waals surface area (Å²) in [4.78, 5) is 10.8. The lowest BCUT2D eigenvalue weighted by Crippen LogP contribution is -1.98. The van der Waals surface area contributed by atoms with E-state index in [-0.39, 0.29) is 5.97 Å². The van der Waals surface area contributed by atoms with Gasteiger partial charge in [-0.15, -0.1) is 0 Å². The van der Waals surface area contributed by atoms with Crippen LogP contribution >= 0.6 is 0 Å². The molecule has 0 spiro atoms. The second-order valence-corrected chi connectivity index (χ2v) is 3.91. The number of hydrogen-bond donors (Lipinski definition) is 0. The number of ether oxygens (including phenoxy) is 3. The van der Waals surface area contributed by atoms with Crippen molar-refractivity contribution in [3.63, 3.8) is 0 Å². The Balaban J connectivity index is 2.31. The van der Waals surface area contributed by atoms with Gasteiger partial charge in [0.05, 0.1) is 13.7 Å². The first-order valence-electron chi connectivity index (χ1n) is 6.36. The van der Waals surface area contributed by atoms with Crippen LogP contribution in [-0.4, -0.2) is 26.3 Å². The van der Waals surface area contributed by atoms with E-state index in [0.29, 0.717) is 6.61 Å². The minimum absolute atomic E-state index is 0.325. The van der Waals surface area contributed by atoms with Crippen LogP contribution in [0, 0.1) is 0 Å². The fourth-order valence-electron chi connectivity index (χ4n) is 1.32. The maximum Gasteiger partial charge on any atom is 0.330 e. The van der Waals surface area contributed by atoms with Crippen molar-refractivity contribution in [1.82, 2.24) is 0 Å². The Morgan fingerprint density at radius 2 is 1.79 bits per heavy atom. The van der Waals surface area contributed by atoms with Gasteiger partial charge in [-0.1, -0.05) is 13.3 Å². The van der Waals surface area contributed by atoms with Crippen molar-refractivity contribution >= 4 is 5.97 Å². The van der Waals surface area contributed by atoms with Crippen LogP contribution in [0.4, 0.5) is 0 Å². The number of hydrogen-bond acceptors (Lipinski definition) is 4. The molecule has 19 heavy (non-hydrogen) atoms. The molecule has 0 aliphatic carbocycles. The van der Waals surface area contributed by atoms with Gasteiger partial charge in [-0.05, 0) is 36.8 Å². The predicted molar refractivity (Wildman–Crippen MR) is 73.5 cm³/mol. The van der Waals surface area contributed by atoms with Gasteiger partial charge in [0.25, 0.3) is 0 Å². The number of carbonyl (C=O) groups is 1. The summed E-state index contributed by atoms with van der Waals surface area (Å²) in [5, 5.41) is 0. The van der Waals surface area contributed by atoms with Crippen LogP contribution in [0.3, 0.4) is 0 Å². The van der Waals surface area contributed by atoms with Crippen LogP contribution in [0.15, 0.2) is 36.4 Å². The zero-order chi connectivity index (χ0) is 13.9. The van der Waals surface area contributed by atoms with Gasteiger partial charge in [-0.25, -0.2) is 4.79 Å². The molecule has 1 rings (SSSR count). The molecule has 0 saturated carbocycles. The zero-order valence-electron chi connectivity index (χ0n) is 11.4. The van der Waals surface area contributed by atoms with Gasteiger partial charge < -0.3 is 14.2 Å². The van der Waals surface area contributed by atoms with Crippen LogP contribution < -0.4 is 9.47 Å². The van der Waals surface area contributed by atoms with E-state index in [4.69, 9.17) is 9.47 Å². The molecule has 1 aromatic rings. The average molecular weight is 264 g/mol. The topological polar surface area (TPSA) is 44.8 Å². The van der Waals surface area contributed by atoms with E-state index < -0.39 is 0 Å². The fourth-order valence-corrected chi connectivity index (χ4v) is 1.32. The predicted octanol–water partition coefficient (Wildman–Crippen LogP) is 2.97. The van der Waals surface area contributed by atoms with Crippen molar-refractivity contribution in [2.75, 3.05) is 20.3 Å². The molecule has 1 aromatic carbocycles. The SMILES string of the molecule is CCCCOc1ccc(OC/C=C/C(=O)OC)cc1. The van der Waals surface area contributed by atoms with Crippen molar-refractivity contribution in [3.8, 4) is 11.5 Å². The van der Waals surface area contributed by atoms with Crippen molar-refractivity contribution in [2.24, 2.45) is 0 Å². The summed E-state index contributed by atoms with van der Waals surface area (Å²) >= 11 is 0. The van der Waals surface area contributed by atoms with Crippen LogP contribution in [0.1, 0.15) is 19.8 Å². The lowest BCUT2D eigenvalue weighted by molar-refractivity contribution is -0.134. The third kappa shape index (κ3) is 6.50. The van der Waals surface area contributed by atoms with E-state index >= 15 is 0 Å². The Morgan fingerprint density at radius 3 is 2.37 bits per heavy atom. The lowest BCUT2D eigenvalue weighted by Gasteiger charge is -2.07. The van der Waals surface area contributed by atoms with Gasteiger partial charge in [0.15, 0.2) is 0 Å². The molecule has 0 fully saturated rings. The summed E-state index contributed by atoms with van der Waals surface area (Å²) in [5.74, 6) is 1.19. The molecule has 104 valence electrons. The Bertz CT molecular complexity index is 395. The largest absolute Gasteiger partial charge is 0.494 e. The molecule has 0 radical (unpaired) electrons. The molecule has 0 saturated heterocycles. The van der Waals surface area contributed by atoms with Crippen LogP contribution in [-0.2, 0) is 9.53 Å². The summed E-state index contributed by atoms with van der Waals surface area (Å²) < 4.78 is 15.4. The molecular weight excluding hydrogens is 244 g/mol. The highest BCUT2D eigenvalue weighted by Gasteiger charge is 1.96. The maximum absolute atomic E-state index is 10.8. The number of methoxy groups -OCH3 is 1. The number of esters is 1. The van der Waals surface area contributed by atoms with Crippen molar-refractivity contribution < 1.29 is 19.0 Å². The summed E-state index contributed by atoms with van der Waals surface area (Å²) in [6.45, 7) is 3.19. The first-order chi connectivity index (χ1) is 9.26. The van der Waals surface area contributed by atoms with Crippen LogP contribution in [0.5, 0.6) is 11.5 Å². The first kappa shape index (κ1) is 15.1. The van der Waals surface area contributed by atoms with E-state index in [1.165, 1.54) is 13.2 Å². The van der Waals surface area contributed by atoms with Crippen molar-refractivity contribution in [1.29, 1.82) is 0 Å². The fraction of sp³-hybridized carbons (Fsp3) is 0.400. The summed E-state index contributed by atoms with van der Waals surface area (Å²) in [6.07, 6.45) is 5.12. The Hall–Kier alpha value is -1.97. The third-order valence-corrected chi connectivity index (χ3v) is 2.39. The number of carbonyl (C=O) groups excluding carboxylic acids is 1. The molecular formula is C15H20O4. The average Bonchev–Trinajstić information content (AvgIpc) is 2.45. The minimum Gasteiger partial charge on any atom is -0.494 e. The second-order valence-electron chi connectivity index (χ2n) is 3.91. The van der Waals surface area contributed by atoms with Crippen LogP contribution in [0.2, 0.25) is 0 Å². The molecule has 0 heterocycles. The number of benzene rings is 1. The highest BCUT2D eigenvalue weighted by atomic mass is 16.5. The third-order valence-electron chi connectivity index (χ3n) is 2.39. The minimum atomic E-state index is -0.386. The molecule has 0 aromatic heterocycles. The van der Waals surface area contributed by atoms with Gasteiger partial charge in [0.2, 0.25) is 0 Å². The smallest absolute Gasteiger partial charge is 0.330 e. The van der Waals surface area contributed by atoms with E-state index in [1.54, 1.807) is 6.08 Å². The van der Waals surface area contributed by atoms with Crippen LogP contribution in [0.25, 0.3) is 0 Å². The molecule has 0 aliphatic heterocycles. The maximum atomic E-state index is 10.8. The van der Waals surface area contributed by atoms with Gasteiger partial charge in [-0.3, -0.25) is 0 Å².